The van der Waals surface area contributed by atoms with E-state index < -0.39 is 5.91 Å². The monoisotopic (exact) mass is 342 g/mol. The summed E-state index contributed by atoms with van der Waals surface area (Å²) in [5.41, 5.74) is 8.76. The lowest BCUT2D eigenvalue weighted by atomic mass is 10.0. The molecular formula is C19H14N6O. The second-order valence-corrected chi connectivity index (χ2v) is 5.41. The van der Waals surface area contributed by atoms with Crippen molar-refractivity contribution in [3.8, 4) is 6.07 Å². The molecule has 2 aromatic heterocycles. The van der Waals surface area contributed by atoms with Gasteiger partial charge in [0.2, 0.25) is 0 Å². The van der Waals surface area contributed by atoms with Gasteiger partial charge in [0.25, 0.3) is 5.91 Å². The molecule has 0 aliphatic rings. The van der Waals surface area contributed by atoms with E-state index in [9.17, 15) is 4.79 Å². The van der Waals surface area contributed by atoms with Crippen LogP contribution < -0.4 is 11.1 Å². The van der Waals surface area contributed by atoms with E-state index in [0.717, 1.165) is 0 Å². The minimum atomic E-state index is -0.451. The van der Waals surface area contributed by atoms with Crippen LogP contribution in [-0.4, -0.2) is 21.6 Å². The molecule has 0 unspecified atom stereocenters. The number of aromatic nitrogens is 2. The zero-order valence-electron chi connectivity index (χ0n) is 13.6. The summed E-state index contributed by atoms with van der Waals surface area (Å²) < 4.78 is 0. The zero-order chi connectivity index (χ0) is 18.5. The molecule has 2 heterocycles. The quantitative estimate of drug-likeness (QED) is 0.496. The highest BCUT2D eigenvalue weighted by molar-refractivity contribution is 6.14. The fourth-order valence-electron chi connectivity index (χ4n) is 2.34. The van der Waals surface area contributed by atoms with Crippen molar-refractivity contribution in [1.82, 2.24) is 9.97 Å². The number of anilines is 2. The number of nitriles is 1. The van der Waals surface area contributed by atoms with Crippen LogP contribution in [0.1, 0.15) is 27.2 Å². The lowest BCUT2D eigenvalue weighted by Crippen LogP contribution is -2.15. The van der Waals surface area contributed by atoms with Gasteiger partial charge in [0.1, 0.15) is 5.69 Å². The van der Waals surface area contributed by atoms with Crippen molar-refractivity contribution in [2.45, 2.75) is 0 Å². The van der Waals surface area contributed by atoms with Crippen LogP contribution in [0.25, 0.3) is 0 Å². The number of nitrogen functional groups attached to an aromatic ring is 1. The first-order valence-electron chi connectivity index (χ1n) is 7.65. The Kier molecular flexibility index (Phi) is 4.67. The Labute approximate surface area is 149 Å². The molecule has 7 heteroatoms. The Morgan fingerprint density at radius 3 is 2.62 bits per heavy atom. The number of pyridine rings is 2. The maximum Gasteiger partial charge on any atom is 0.274 e. The molecule has 0 spiro atoms. The number of nitrogens with zero attached hydrogens (tertiary/aromatic N) is 3. The first-order valence-corrected chi connectivity index (χ1v) is 7.65. The van der Waals surface area contributed by atoms with E-state index in [2.05, 4.69) is 15.3 Å². The molecule has 126 valence electrons. The Balaban J connectivity index is 1.87. The molecule has 0 saturated carbocycles. The maximum atomic E-state index is 12.3. The fourth-order valence-corrected chi connectivity index (χ4v) is 2.34. The predicted octanol–water partition coefficient (Wildman–Crippen LogP) is 2.60. The summed E-state index contributed by atoms with van der Waals surface area (Å²) in [5.74, 6) is -0.451. The Hall–Kier alpha value is -4.05. The predicted molar refractivity (Wildman–Crippen MR) is 97.9 cm³/mol. The standard InChI is InChI=1S/C19H14N6O/c20-11-12-3-8-24-17(9-12)19(26)25-14-1-2-16(21)15(10-14)18(22)13-4-6-23-7-5-13/h1-10,22H,21H2,(H,25,26). The van der Waals surface area contributed by atoms with Gasteiger partial charge in [0, 0.05) is 41.1 Å². The maximum absolute atomic E-state index is 12.3. The van der Waals surface area contributed by atoms with E-state index in [4.69, 9.17) is 16.4 Å². The van der Waals surface area contributed by atoms with Gasteiger partial charge in [-0.15, -0.1) is 0 Å². The van der Waals surface area contributed by atoms with Crippen LogP contribution in [0.4, 0.5) is 11.4 Å². The van der Waals surface area contributed by atoms with Crippen LogP contribution in [0.2, 0.25) is 0 Å². The minimum absolute atomic E-state index is 0.131. The molecule has 26 heavy (non-hydrogen) atoms. The van der Waals surface area contributed by atoms with Crippen molar-refractivity contribution >= 4 is 23.0 Å². The third-order valence-electron chi connectivity index (χ3n) is 3.67. The van der Waals surface area contributed by atoms with E-state index >= 15 is 0 Å². The van der Waals surface area contributed by atoms with Gasteiger partial charge in [-0.3, -0.25) is 20.2 Å². The second kappa shape index (κ2) is 7.23. The molecule has 0 fully saturated rings. The topological polar surface area (TPSA) is 129 Å². The third-order valence-corrected chi connectivity index (χ3v) is 3.67. The van der Waals surface area contributed by atoms with Gasteiger partial charge in [-0.05, 0) is 42.5 Å². The fraction of sp³-hybridized carbons (Fsp3) is 0. The van der Waals surface area contributed by atoms with Crippen LogP contribution in [0.15, 0.2) is 61.1 Å². The summed E-state index contributed by atoms with van der Waals surface area (Å²) in [6.07, 6.45) is 4.60. The Morgan fingerprint density at radius 1 is 1.12 bits per heavy atom. The number of carbonyl (C=O) groups is 1. The largest absolute Gasteiger partial charge is 0.398 e. The van der Waals surface area contributed by atoms with Crippen molar-refractivity contribution < 1.29 is 4.79 Å². The smallest absolute Gasteiger partial charge is 0.274 e. The first-order chi connectivity index (χ1) is 12.6. The summed E-state index contributed by atoms with van der Waals surface area (Å²) in [7, 11) is 0. The number of nitrogens with two attached hydrogens (primary N) is 1. The molecule has 4 N–H and O–H groups in total. The average molecular weight is 342 g/mol. The van der Waals surface area contributed by atoms with Crippen LogP contribution in [0, 0.1) is 16.7 Å². The Morgan fingerprint density at radius 2 is 1.88 bits per heavy atom. The molecule has 0 bridgehead atoms. The summed E-state index contributed by atoms with van der Waals surface area (Å²) >= 11 is 0. The number of benzene rings is 1. The van der Waals surface area contributed by atoms with Gasteiger partial charge < -0.3 is 11.1 Å². The number of carbonyl (C=O) groups excluding carboxylic acids is 1. The zero-order valence-corrected chi connectivity index (χ0v) is 13.6. The normalized spacial score (nSPS) is 9.96. The summed E-state index contributed by atoms with van der Waals surface area (Å²) in [5, 5.41) is 20.0. The summed E-state index contributed by atoms with van der Waals surface area (Å²) in [6.45, 7) is 0. The molecule has 3 rings (SSSR count). The van der Waals surface area contributed by atoms with Gasteiger partial charge >= 0.3 is 0 Å². The number of hydrogen-bond acceptors (Lipinski definition) is 6. The van der Waals surface area contributed by atoms with Crippen molar-refractivity contribution in [2.75, 3.05) is 11.1 Å². The Bertz CT molecular complexity index is 1020. The molecule has 7 nitrogen and oxygen atoms in total. The summed E-state index contributed by atoms with van der Waals surface area (Å²) in [6, 6.07) is 13.2. The van der Waals surface area contributed by atoms with Gasteiger partial charge in [-0.25, -0.2) is 0 Å². The second-order valence-electron chi connectivity index (χ2n) is 5.41. The van der Waals surface area contributed by atoms with Crippen molar-refractivity contribution in [3.05, 3.63) is 83.4 Å². The van der Waals surface area contributed by atoms with Crippen LogP contribution in [0.3, 0.4) is 0 Å². The molecule has 0 aliphatic heterocycles. The molecule has 0 radical (unpaired) electrons. The first kappa shape index (κ1) is 16.8. The number of amides is 1. The number of rotatable bonds is 4. The lowest BCUT2D eigenvalue weighted by molar-refractivity contribution is 0.102. The molecular weight excluding hydrogens is 328 g/mol. The molecule has 1 amide bonds. The number of hydrogen-bond donors (Lipinski definition) is 3. The summed E-state index contributed by atoms with van der Waals surface area (Å²) in [4.78, 5) is 20.2. The van der Waals surface area contributed by atoms with Crippen molar-refractivity contribution in [1.29, 1.82) is 10.7 Å². The van der Waals surface area contributed by atoms with Crippen molar-refractivity contribution in [2.24, 2.45) is 0 Å². The van der Waals surface area contributed by atoms with E-state index in [0.29, 0.717) is 28.1 Å². The number of nitrogens with one attached hydrogen (secondary N) is 2. The van der Waals surface area contributed by atoms with E-state index in [1.165, 1.54) is 18.3 Å². The van der Waals surface area contributed by atoms with Crippen LogP contribution >= 0.6 is 0 Å². The van der Waals surface area contributed by atoms with Gasteiger partial charge in [0.05, 0.1) is 17.3 Å². The lowest BCUT2D eigenvalue weighted by Gasteiger charge is -2.11. The SMILES string of the molecule is N#Cc1ccnc(C(=O)Nc2ccc(N)c(C(=N)c3ccncc3)c2)c1. The molecule has 1 aromatic carbocycles. The van der Waals surface area contributed by atoms with Crippen LogP contribution in [0.5, 0.6) is 0 Å². The minimum Gasteiger partial charge on any atom is -0.398 e. The van der Waals surface area contributed by atoms with Crippen LogP contribution in [-0.2, 0) is 0 Å². The molecule has 0 saturated heterocycles. The van der Waals surface area contributed by atoms with Gasteiger partial charge in [-0.1, -0.05) is 0 Å². The van der Waals surface area contributed by atoms with Gasteiger partial charge in [0.15, 0.2) is 0 Å². The van der Waals surface area contributed by atoms with Crippen molar-refractivity contribution in [3.63, 3.8) is 0 Å². The van der Waals surface area contributed by atoms with E-state index in [1.807, 2.05) is 6.07 Å². The molecule has 0 aliphatic carbocycles. The average Bonchev–Trinajstić information content (AvgIpc) is 2.69. The van der Waals surface area contributed by atoms with E-state index in [-0.39, 0.29) is 11.4 Å². The van der Waals surface area contributed by atoms with E-state index in [1.54, 1.807) is 42.7 Å². The molecule has 0 atom stereocenters. The highest BCUT2D eigenvalue weighted by Crippen LogP contribution is 2.21. The highest BCUT2D eigenvalue weighted by atomic mass is 16.1. The van der Waals surface area contributed by atoms with Gasteiger partial charge in [-0.2, -0.15) is 5.26 Å². The molecule has 3 aromatic rings. The highest BCUT2D eigenvalue weighted by Gasteiger charge is 2.12. The third kappa shape index (κ3) is 3.55.